The van der Waals surface area contributed by atoms with Crippen LogP contribution in [-0.4, -0.2) is 23.1 Å². The molecule has 1 atom stereocenters. The summed E-state index contributed by atoms with van der Waals surface area (Å²) in [5.74, 6) is 0.191. The van der Waals surface area contributed by atoms with E-state index in [1.807, 2.05) is 41.3 Å². The van der Waals surface area contributed by atoms with E-state index in [2.05, 4.69) is 0 Å². The lowest BCUT2D eigenvalue weighted by atomic mass is 9.87. The first-order valence-corrected chi connectivity index (χ1v) is 7.88. The summed E-state index contributed by atoms with van der Waals surface area (Å²) in [6.45, 7) is 1.44. The highest BCUT2D eigenvalue weighted by Crippen LogP contribution is 2.35. The van der Waals surface area contributed by atoms with E-state index in [1.165, 1.54) is 0 Å². The van der Waals surface area contributed by atoms with Crippen LogP contribution in [0, 0.1) is 16.0 Å². The van der Waals surface area contributed by atoms with Crippen LogP contribution < -0.4 is 4.90 Å². The molecule has 0 aromatic heterocycles. The Kier molecular flexibility index (Phi) is 4.57. The van der Waals surface area contributed by atoms with Crippen LogP contribution >= 0.6 is 0 Å². The Bertz CT molecular complexity index is 667. The maximum absolute atomic E-state index is 11.2. The summed E-state index contributed by atoms with van der Waals surface area (Å²) < 4.78 is 0. The number of anilines is 1. The number of aliphatic hydroxyl groups excluding tert-OH is 1. The van der Waals surface area contributed by atoms with E-state index in [0.29, 0.717) is 5.69 Å². The molecule has 1 unspecified atom stereocenters. The molecule has 0 spiro atoms. The summed E-state index contributed by atoms with van der Waals surface area (Å²) in [5, 5.41) is 21.7. The van der Waals surface area contributed by atoms with E-state index >= 15 is 0 Å². The van der Waals surface area contributed by atoms with Gasteiger partial charge in [0.25, 0.3) is 5.69 Å². The summed E-state index contributed by atoms with van der Waals surface area (Å²) in [4.78, 5) is 12.9. The maximum atomic E-state index is 11.2. The summed E-state index contributed by atoms with van der Waals surface area (Å²) >= 11 is 0. The molecule has 3 rings (SSSR count). The average molecular weight is 312 g/mol. The Morgan fingerprint density at radius 2 is 1.65 bits per heavy atom. The molecule has 0 aliphatic carbocycles. The Balaban J connectivity index is 1.68. The van der Waals surface area contributed by atoms with Crippen LogP contribution in [0.3, 0.4) is 0 Å². The number of nitrogens with zero attached hydrogens (tertiary/aromatic N) is 2. The minimum atomic E-state index is -0.468. The Morgan fingerprint density at radius 1 is 1.04 bits per heavy atom. The molecule has 0 radical (unpaired) electrons. The minimum Gasteiger partial charge on any atom is -0.388 e. The molecule has 1 fully saturated rings. The lowest BCUT2D eigenvalue weighted by Crippen LogP contribution is -2.36. The number of aliphatic hydroxyl groups is 1. The Morgan fingerprint density at radius 3 is 2.30 bits per heavy atom. The Hall–Kier alpha value is -2.40. The zero-order valence-electron chi connectivity index (χ0n) is 12.8. The SMILES string of the molecule is O=[N+]([O-])c1ccccc1N1CCC(C(O)c2ccccc2)CC1. The molecule has 5 heteroatoms. The molecule has 0 amide bonds. The number of hydrogen-bond donors (Lipinski definition) is 1. The quantitative estimate of drug-likeness (QED) is 0.692. The van der Waals surface area contributed by atoms with E-state index in [9.17, 15) is 15.2 Å². The predicted octanol–water partition coefficient (Wildman–Crippen LogP) is 3.54. The molecule has 1 aliphatic rings. The van der Waals surface area contributed by atoms with Crippen molar-refractivity contribution in [1.29, 1.82) is 0 Å². The van der Waals surface area contributed by atoms with Gasteiger partial charge in [0.05, 0.1) is 11.0 Å². The lowest BCUT2D eigenvalue weighted by Gasteiger charge is -2.35. The topological polar surface area (TPSA) is 66.6 Å². The van der Waals surface area contributed by atoms with E-state index in [0.717, 1.165) is 31.5 Å². The van der Waals surface area contributed by atoms with Gasteiger partial charge in [-0.3, -0.25) is 10.1 Å². The largest absolute Gasteiger partial charge is 0.388 e. The molecule has 1 aliphatic heterocycles. The highest BCUT2D eigenvalue weighted by Gasteiger charge is 2.28. The minimum absolute atomic E-state index is 0.148. The number of hydrogen-bond acceptors (Lipinski definition) is 4. The average Bonchev–Trinajstić information content (AvgIpc) is 2.62. The molecule has 1 N–H and O–H groups in total. The van der Waals surface area contributed by atoms with Crippen LogP contribution in [0.2, 0.25) is 0 Å². The Labute approximate surface area is 135 Å². The normalized spacial score (nSPS) is 17.0. The number of rotatable bonds is 4. The van der Waals surface area contributed by atoms with Crippen molar-refractivity contribution in [2.24, 2.45) is 5.92 Å². The molecule has 120 valence electrons. The third-order valence-electron chi connectivity index (χ3n) is 4.55. The predicted molar refractivity (Wildman–Crippen MR) is 89.4 cm³/mol. The first-order valence-electron chi connectivity index (χ1n) is 7.88. The van der Waals surface area contributed by atoms with Crippen molar-refractivity contribution in [2.75, 3.05) is 18.0 Å². The summed E-state index contributed by atoms with van der Waals surface area (Å²) in [5.41, 5.74) is 1.76. The molecule has 0 saturated carbocycles. The number of para-hydroxylation sites is 2. The molecule has 5 nitrogen and oxygen atoms in total. The van der Waals surface area contributed by atoms with Gasteiger partial charge in [0, 0.05) is 19.2 Å². The second kappa shape index (κ2) is 6.79. The van der Waals surface area contributed by atoms with E-state index in [1.54, 1.807) is 18.2 Å². The second-order valence-electron chi connectivity index (χ2n) is 5.93. The van der Waals surface area contributed by atoms with Crippen molar-refractivity contribution in [3.63, 3.8) is 0 Å². The van der Waals surface area contributed by atoms with E-state index < -0.39 is 6.10 Å². The summed E-state index contributed by atoms with van der Waals surface area (Å²) in [7, 11) is 0. The van der Waals surface area contributed by atoms with Crippen molar-refractivity contribution in [2.45, 2.75) is 18.9 Å². The first kappa shape index (κ1) is 15.5. The smallest absolute Gasteiger partial charge is 0.292 e. The van der Waals surface area contributed by atoms with Gasteiger partial charge in [-0.25, -0.2) is 0 Å². The van der Waals surface area contributed by atoms with Crippen molar-refractivity contribution >= 4 is 11.4 Å². The van der Waals surface area contributed by atoms with Gasteiger partial charge < -0.3 is 10.0 Å². The van der Waals surface area contributed by atoms with E-state index in [-0.39, 0.29) is 16.5 Å². The van der Waals surface area contributed by atoms with Crippen molar-refractivity contribution in [1.82, 2.24) is 0 Å². The highest BCUT2D eigenvalue weighted by atomic mass is 16.6. The van der Waals surface area contributed by atoms with Gasteiger partial charge >= 0.3 is 0 Å². The first-order chi connectivity index (χ1) is 11.2. The lowest BCUT2D eigenvalue weighted by molar-refractivity contribution is -0.384. The van der Waals surface area contributed by atoms with Gasteiger partial charge in [-0.05, 0) is 30.4 Å². The van der Waals surface area contributed by atoms with Crippen molar-refractivity contribution < 1.29 is 10.0 Å². The number of piperidine rings is 1. The van der Waals surface area contributed by atoms with Crippen LogP contribution in [-0.2, 0) is 0 Å². The molecule has 2 aromatic rings. The van der Waals surface area contributed by atoms with Gasteiger partial charge in [0.2, 0.25) is 0 Å². The summed E-state index contributed by atoms with van der Waals surface area (Å²) in [6, 6.07) is 16.5. The second-order valence-corrected chi connectivity index (χ2v) is 5.93. The summed E-state index contributed by atoms with van der Waals surface area (Å²) in [6.07, 6.45) is 1.17. The zero-order chi connectivity index (χ0) is 16.2. The van der Waals surface area contributed by atoms with Crippen LogP contribution in [0.15, 0.2) is 54.6 Å². The number of benzene rings is 2. The molecule has 0 bridgehead atoms. The van der Waals surface area contributed by atoms with Gasteiger partial charge in [0.15, 0.2) is 0 Å². The third-order valence-corrected chi connectivity index (χ3v) is 4.55. The van der Waals surface area contributed by atoms with Crippen molar-refractivity contribution in [3.8, 4) is 0 Å². The molecule has 23 heavy (non-hydrogen) atoms. The molecule has 1 saturated heterocycles. The van der Waals surface area contributed by atoms with Gasteiger partial charge in [-0.2, -0.15) is 0 Å². The van der Waals surface area contributed by atoms with E-state index in [4.69, 9.17) is 0 Å². The van der Waals surface area contributed by atoms with Gasteiger partial charge in [-0.15, -0.1) is 0 Å². The fourth-order valence-electron chi connectivity index (χ4n) is 3.26. The fraction of sp³-hybridized carbons (Fsp3) is 0.333. The highest BCUT2D eigenvalue weighted by molar-refractivity contribution is 5.63. The van der Waals surface area contributed by atoms with Gasteiger partial charge in [-0.1, -0.05) is 42.5 Å². The molecule has 2 aromatic carbocycles. The molecular formula is C18H20N2O3. The van der Waals surface area contributed by atoms with Crippen LogP contribution in [0.1, 0.15) is 24.5 Å². The monoisotopic (exact) mass is 312 g/mol. The number of nitro groups is 1. The van der Waals surface area contributed by atoms with Crippen molar-refractivity contribution in [3.05, 3.63) is 70.3 Å². The number of nitro benzene ring substituents is 1. The molecule has 1 heterocycles. The van der Waals surface area contributed by atoms with Gasteiger partial charge in [0.1, 0.15) is 5.69 Å². The van der Waals surface area contributed by atoms with Crippen LogP contribution in [0.5, 0.6) is 0 Å². The fourth-order valence-corrected chi connectivity index (χ4v) is 3.26. The third kappa shape index (κ3) is 3.35. The van der Waals surface area contributed by atoms with Crippen LogP contribution in [0.25, 0.3) is 0 Å². The van der Waals surface area contributed by atoms with Crippen LogP contribution in [0.4, 0.5) is 11.4 Å². The zero-order valence-corrected chi connectivity index (χ0v) is 12.8. The standard InChI is InChI=1S/C18H20N2O3/c21-18(14-6-2-1-3-7-14)15-10-12-19(13-11-15)16-8-4-5-9-17(16)20(22)23/h1-9,15,18,21H,10-13H2. The molecular weight excluding hydrogens is 292 g/mol. The maximum Gasteiger partial charge on any atom is 0.292 e.